The first-order valence-electron chi connectivity index (χ1n) is 7.39. The molecular weight excluding hydrogens is 304 g/mol. The molecule has 1 atom stereocenters. The van der Waals surface area contributed by atoms with Crippen molar-refractivity contribution in [2.24, 2.45) is 5.92 Å². The standard InChI is InChI=1S/C16H23ClN2O3/c1-4-22-16(21)19-14(8-11(2)3)10-18-15(20)12-6-5-7-13(17)9-12/h5-7,9,11,14H,4,8,10H2,1-3H3,(H,18,20)(H,19,21)/t14-/m0/s1. The summed E-state index contributed by atoms with van der Waals surface area (Å²) < 4.78 is 4.88. The van der Waals surface area contributed by atoms with Gasteiger partial charge in [0.1, 0.15) is 0 Å². The predicted octanol–water partition coefficient (Wildman–Crippen LogP) is 3.23. The van der Waals surface area contributed by atoms with Gasteiger partial charge in [-0.2, -0.15) is 0 Å². The van der Waals surface area contributed by atoms with Gasteiger partial charge in [0, 0.05) is 23.2 Å². The number of carbonyl (C=O) groups excluding carboxylic acids is 2. The molecule has 0 bridgehead atoms. The molecule has 0 fully saturated rings. The first-order valence-corrected chi connectivity index (χ1v) is 7.77. The highest BCUT2D eigenvalue weighted by atomic mass is 35.5. The van der Waals surface area contributed by atoms with Gasteiger partial charge in [-0.05, 0) is 37.5 Å². The number of carbonyl (C=O) groups is 2. The van der Waals surface area contributed by atoms with E-state index in [1.807, 2.05) is 0 Å². The summed E-state index contributed by atoms with van der Waals surface area (Å²) in [5.74, 6) is 0.164. The third-order valence-electron chi connectivity index (χ3n) is 2.95. The smallest absolute Gasteiger partial charge is 0.407 e. The van der Waals surface area contributed by atoms with E-state index in [2.05, 4.69) is 24.5 Å². The highest BCUT2D eigenvalue weighted by molar-refractivity contribution is 6.30. The van der Waals surface area contributed by atoms with E-state index in [0.29, 0.717) is 29.7 Å². The quantitative estimate of drug-likeness (QED) is 0.808. The van der Waals surface area contributed by atoms with Gasteiger partial charge in [0.2, 0.25) is 0 Å². The van der Waals surface area contributed by atoms with Gasteiger partial charge in [0.05, 0.1) is 6.61 Å². The van der Waals surface area contributed by atoms with Crippen molar-refractivity contribution < 1.29 is 14.3 Å². The molecule has 0 radical (unpaired) electrons. The Bertz CT molecular complexity index is 506. The Kier molecular flexibility index (Phi) is 7.74. The minimum absolute atomic E-state index is 0.179. The first kappa shape index (κ1) is 18.3. The number of hydrogen-bond acceptors (Lipinski definition) is 3. The van der Waals surface area contributed by atoms with Crippen LogP contribution in [0.4, 0.5) is 4.79 Å². The van der Waals surface area contributed by atoms with Crippen molar-refractivity contribution in [3.8, 4) is 0 Å². The summed E-state index contributed by atoms with van der Waals surface area (Å²) >= 11 is 5.87. The van der Waals surface area contributed by atoms with Crippen LogP contribution in [-0.2, 0) is 4.74 Å². The van der Waals surface area contributed by atoms with Crippen LogP contribution >= 0.6 is 11.6 Å². The molecule has 0 saturated heterocycles. The molecule has 2 amide bonds. The first-order chi connectivity index (χ1) is 10.4. The normalized spacial score (nSPS) is 11.9. The molecule has 0 aliphatic heterocycles. The fourth-order valence-electron chi connectivity index (χ4n) is 2.05. The second kappa shape index (κ2) is 9.30. The largest absolute Gasteiger partial charge is 0.450 e. The van der Waals surface area contributed by atoms with Gasteiger partial charge >= 0.3 is 6.09 Å². The van der Waals surface area contributed by atoms with Crippen molar-refractivity contribution in [1.29, 1.82) is 0 Å². The topological polar surface area (TPSA) is 67.4 Å². The Hall–Kier alpha value is -1.75. The van der Waals surface area contributed by atoms with Crippen molar-refractivity contribution >= 4 is 23.6 Å². The van der Waals surface area contributed by atoms with Crippen molar-refractivity contribution in [2.45, 2.75) is 33.2 Å². The lowest BCUT2D eigenvalue weighted by Gasteiger charge is -2.20. The highest BCUT2D eigenvalue weighted by Crippen LogP contribution is 2.10. The predicted molar refractivity (Wildman–Crippen MR) is 87.2 cm³/mol. The number of ether oxygens (including phenoxy) is 1. The maximum atomic E-state index is 12.1. The molecule has 1 aromatic carbocycles. The molecule has 0 saturated carbocycles. The van der Waals surface area contributed by atoms with Crippen molar-refractivity contribution in [3.05, 3.63) is 34.9 Å². The van der Waals surface area contributed by atoms with Gasteiger partial charge in [-0.25, -0.2) is 4.79 Å². The van der Waals surface area contributed by atoms with E-state index in [4.69, 9.17) is 16.3 Å². The number of hydrogen-bond donors (Lipinski definition) is 2. The SMILES string of the molecule is CCOC(=O)N[C@H](CNC(=O)c1cccc(Cl)c1)CC(C)C. The van der Waals surface area contributed by atoms with Crippen LogP contribution in [0, 0.1) is 5.92 Å². The van der Waals surface area contributed by atoms with Crippen LogP contribution in [0.2, 0.25) is 5.02 Å². The summed E-state index contributed by atoms with van der Waals surface area (Å²) in [5, 5.41) is 6.09. The van der Waals surface area contributed by atoms with Crippen LogP contribution in [0.25, 0.3) is 0 Å². The van der Waals surface area contributed by atoms with Gasteiger partial charge < -0.3 is 15.4 Å². The fourth-order valence-corrected chi connectivity index (χ4v) is 2.24. The molecule has 0 aliphatic carbocycles. The number of amides is 2. The third kappa shape index (κ3) is 6.80. The number of rotatable bonds is 7. The summed E-state index contributed by atoms with van der Waals surface area (Å²) in [6, 6.07) is 6.55. The number of nitrogens with one attached hydrogen (secondary N) is 2. The van der Waals surface area contributed by atoms with Crippen molar-refractivity contribution in [3.63, 3.8) is 0 Å². The zero-order valence-electron chi connectivity index (χ0n) is 13.2. The molecule has 1 rings (SSSR count). The molecule has 5 nitrogen and oxygen atoms in total. The molecule has 0 aliphatic rings. The van der Waals surface area contributed by atoms with E-state index < -0.39 is 6.09 Å². The lowest BCUT2D eigenvalue weighted by Crippen LogP contribution is -2.44. The Morgan fingerprint density at radius 1 is 1.32 bits per heavy atom. The van der Waals surface area contributed by atoms with Gasteiger partial charge in [-0.3, -0.25) is 4.79 Å². The molecule has 0 spiro atoms. The highest BCUT2D eigenvalue weighted by Gasteiger charge is 2.16. The van der Waals surface area contributed by atoms with Crippen LogP contribution < -0.4 is 10.6 Å². The van der Waals surface area contributed by atoms with E-state index >= 15 is 0 Å². The van der Waals surface area contributed by atoms with Gasteiger partial charge in [0.15, 0.2) is 0 Å². The van der Waals surface area contributed by atoms with Gasteiger partial charge in [0.25, 0.3) is 5.91 Å². The Morgan fingerprint density at radius 3 is 2.64 bits per heavy atom. The minimum atomic E-state index is -0.467. The molecule has 6 heteroatoms. The molecular formula is C16H23ClN2O3. The summed E-state index contributed by atoms with van der Waals surface area (Å²) in [5.41, 5.74) is 0.493. The van der Waals surface area contributed by atoms with E-state index in [9.17, 15) is 9.59 Å². The maximum Gasteiger partial charge on any atom is 0.407 e. The second-order valence-corrected chi connectivity index (χ2v) is 5.85. The lowest BCUT2D eigenvalue weighted by atomic mass is 10.0. The molecule has 0 aromatic heterocycles. The van der Waals surface area contributed by atoms with Crippen LogP contribution in [-0.4, -0.2) is 31.2 Å². The minimum Gasteiger partial charge on any atom is -0.450 e. The van der Waals surface area contributed by atoms with Crippen molar-refractivity contribution in [2.75, 3.05) is 13.2 Å². The second-order valence-electron chi connectivity index (χ2n) is 5.41. The molecule has 122 valence electrons. The lowest BCUT2D eigenvalue weighted by molar-refractivity contribution is 0.0944. The third-order valence-corrected chi connectivity index (χ3v) is 3.18. The van der Waals surface area contributed by atoms with Gasteiger partial charge in [-0.15, -0.1) is 0 Å². The zero-order chi connectivity index (χ0) is 16.5. The Morgan fingerprint density at radius 2 is 2.05 bits per heavy atom. The number of halogens is 1. The number of alkyl carbamates (subject to hydrolysis) is 1. The van der Waals surface area contributed by atoms with E-state index in [-0.39, 0.29) is 11.9 Å². The average molecular weight is 327 g/mol. The number of benzene rings is 1. The van der Waals surface area contributed by atoms with E-state index in [0.717, 1.165) is 6.42 Å². The Labute approximate surface area is 136 Å². The van der Waals surface area contributed by atoms with Crippen molar-refractivity contribution in [1.82, 2.24) is 10.6 Å². The van der Waals surface area contributed by atoms with E-state index in [1.165, 1.54) is 0 Å². The maximum absolute atomic E-state index is 12.1. The van der Waals surface area contributed by atoms with Crippen LogP contribution in [0.5, 0.6) is 0 Å². The molecule has 2 N–H and O–H groups in total. The van der Waals surface area contributed by atoms with E-state index in [1.54, 1.807) is 31.2 Å². The molecule has 0 heterocycles. The average Bonchev–Trinajstić information content (AvgIpc) is 2.44. The molecule has 22 heavy (non-hydrogen) atoms. The summed E-state index contributed by atoms with van der Waals surface area (Å²) in [6.07, 6.45) is 0.277. The van der Waals surface area contributed by atoms with Gasteiger partial charge in [-0.1, -0.05) is 31.5 Å². The molecule has 1 aromatic rings. The fraction of sp³-hybridized carbons (Fsp3) is 0.500. The summed E-state index contributed by atoms with van der Waals surface area (Å²) in [6.45, 7) is 6.51. The monoisotopic (exact) mass is 326 g/mol. The summed E-state index contributed by atoms with van der Waals surface area (Å²) in [7, 11) is 0. The summed E-state index contributed by atoms with van der Waals surface area (Å²) in [4.78, 5) is 23.6. The van der Waals surface area contributed by atoms with Crippen LogP contribution in [0.3, 0.4) is 0 Å². The zero-order valence-corrected chi connectivity index (χ0v) is 13.9. The van der Waals surface area contributed by atoms with Crippen LogP contribution in [0.1, 0.15) is 37.6 Å². The molecule has 0 unspecified atom stereocenters. The van der Waals surface area contributed by atoms with Crippen LogP contribution in [0.15, 0.2) is 24.3 Å². The Balaban J connectivity index is 2.58.